The number of nitrogens with one attached hydrogen (secondary N) is 1. The molecule has 0 bridgehead atoms. The van der Waals surface area contributed by atoms with Gasteiger partial charge in [-0.05, 0) is 24.3 Å². The molecule has 0 aliphatic rings. The van der Waals surface area contributed by atoms with Gasteiger partial charge in [-0.2, -0.15) is 4.31 Å². The van der Waals surface area contributed by atoms with Crippen LogP contribution in [0, 0.1) is 5.82 Å². The molecule has 0 atom stereocenters. The zero-order chi connectivity index (χ0) is 15.3. The Hall–Kier alpha value is -2.00. The fraction of sp³-hybridized carbons (Fsp3) is 0.273. The topological polar surface area (TPSA) is 110 Å². The Morgan fingerprint density at radius 3 is 2.35 bits per heavy atom. The summed E-state index contributed by atoms with van der Waals surface area (Å²) in [5, 5.41) is 2.17. The van der Waals surface area contributed by atoms with Crippen molar-refractivity contribution >= 4 is 21.8 Å². The highest BCUT2D eigenvalue weighted by atomic mass is 32.2. The summed E-state index contributed by atoms with van der Waals surface area (Å²) in [6.07, 6.45) is 0. The van der Waals surface area contributed by atoms with Crippen molar-refractivity contribution < 1.29 is 22.4 Å². The number of amides is 2. The van der Waals surface area contributed by atoms with Crippen LogP contribution in [0.25, 0.3) is 0 Å². The number of benzene rings is 1. The van der Waals surface area contributed by atoms with Gasteiger partial charge >= 0.3 is 0 Å². The lowest BCUT2D eigenvalue weighted by atomic mass is 10.4. The summed E-state index contributed by atoms with van der Waals surface area (Å²) in [5.41, 5.74) is 4.84. The van der Waals surface area contributed by atoms with Gasteiger partial charge in [-0.3, -0.25) is 9.59 Å². The molecule has 0 unspecified atom stereocenters. The van der Waals surface area contributed by atoms with Crippen LogP contribution in [0.2, 0.25) is 0 Å². The smallest absolute Gasteiger partial charge is 0.243 e. The highest BCUT2D eigenvalue weighted by Crippen LogP contribution is 2.14. The lowest BCUT2D eigenvalue weighted by molar-refractivity contribution is -0.124. The van der Waals surface area contributed by atoms with Crippen molar-refractivity contribution in [3.8, 4) is 0 Å². The molecular formula is C11H14FN3O4S. The molecule has 7 nitrogen and oxygen atoms in total. The van der Waals surface area contributed by atoms with E-state index in [1.807, 2.05) is 0 Å². The van der Waals surface area contributed by atoms with E-state index in [-0.39, 0.29) is 11.4 Å². The van der Waals surface area contributed by atoms with Crippen LogP contribution in [0.5, 0.6) is 0 Å². The number of nitrogens with zero attached hydrogens (tertiary/aromatic N) is 1. The van der Waals surface area contributed by atoms with Gasteiger partial charge in [0.15, 0.2) is 0 Å². The SMILES string of the molecule is CN(CC(=O)NCC(N)=O)S(=O)(=O)c1ccc(F)cc1. The lowest BCUT2D eigenvalue weighted by Crippen LogP contribution is -2.41. The molecule has 20 heavy (non-hydrogen) atoms. The monoisotopic (exact) mass is 303 g/mol. The highest BCUT2D eigenvalue weighted by Gasteiger charge is 2.22. The predicted octanol–water partition coefficient (Wildman–Crippen LogP) is -0.952. The van der Waals surface area contributed by atoms with Crippen molar-refractivity contribution in [2.24, 2.45) is 5.73 Å². The molecule has 1 rings (SSSR count). The minimum absolute atomic E-state index is 0.135. The first-order valence-electron chi connectivity index (χ1n) is 5.50. The van der Waals surface area contributed by atoms with Crippen LogP contribution in [0.3, 0.4) is 0 Å². The van der Waals surface area contributed by atoms with Crippen molar-refractivity contribution in [1.82, 2.24) is 9.62 Å². The number of hydrogen-bond acceptors (Lipinski definition) is 4. The van der Waals surface area contributed by atoms with Crippen LogP contribution in [0.4, 0.5) is 4.39 Å². The third kappa shape index (κ3) is 4.28. The molecule has 0 radical (unpaired) electrons. The first kappa shape index (κ1) is 16.1. The largest absolute Gasteiger partial charge is 0.368 e. The molecule has 0 fully saturated rings. The molecule has 0 heterocycles. The lowest BCUT2D eigenvalue weighted by Gasteiger charge is -2.16. The van der Waals surface area contributed by atoms with E-state index in [0.29, 0.717) is 0 Å². The molecule has 3 N–H and O–H groups in total. The Bertz CT molecular complexity index is 601. The number of carbonyl (C=O) groups excluding carboxylic acids is 2. The summed E-state index contributed by atoms with van der Waals surface area (Å²) in [6, 6.07) is 4.22. The third-order valence-corrected chi connectivity index (χ3v) is 4.17. The second kappa shape index (κ2) is 6.44. The molecule has 0 aliphatic carbocycles. The van der Waals surface area contributed by atoms with Crippen molar-refractivity contribution in [3.63, 3.8) is 0 Å². The van der Waals surface area contributed by atoms with Crippen LogP contribution in [-0.2, 0) is 19.6 Å². The van der Waals surface area contributed by atoms with Gasteiger partial charge in [0.1, 0.15) is 5.82 Å². The van der Waals surface area contributed by atoms with E-state index in [1.165, 1.54) is 7.05 Å². The average Bonchev–Trinajstić information content (AvgIpc) is 2.36. The van der Waals surface area contributed by atoms with Crippen LogP contribution in [-0.4, -0.2) is 44.7 Å². The molecule has 0 spiro atoms. The van der Waals surface area contributed by atoms with E-state index in [9.17, 15) is 22.4 Å². The summed E-state index contributed by atoms with van der Waals surface area (Å²) in [5.74, 6) is -1.97. The Morgan fingerprint density at radius 2 is 1.85 bits per heavy atom. The molecule has 0 aliphatic heterocycles. The number of sulfonamides is 1. The molecule has 0 aromatic heterocycles. The summed E-state index contributed by atoms with van der Waals surface area (Å²) in [6.45, 7) is -0.851. The fourth-order valence-electron chi connectivity index (χ4n) is 1.32. The van der Waals surface area contributed by atoms with Crippen molar-refractivity contribution in [2.45, 2.75) is 4.90 Å². The van der Waals surface area contributed by atoms with E-state index >= 15 is 0 Å². The van der Waals surface area contributed by atoms with Gasteiger partial charge in [-0.1, -0.05) is 0 Å². The second-order valence-corrected chi connectivity index (χ2v) is 6.00. The average molecular weight is 303 g/mol. The van der Waals surface area contributed by atoms with Crippen LogP contribution >= 0.6 is 0 Å². The maximum absolute atomic E-state index is 12.7. The summed E-state index contributed by atoms with van der Waals surface area (Å²) in [7, 11) is -2.70. The minimum atomic E-state index is -3.90. The summed E-state index contributed by atoms with van der Waals surface area (Å²) in [4.78, 5) is 21.7. The first-order valence-corrected chi connectivity index (χ1v) is 6.94. The Morgan fingerprint density at radius 1 is 1.30 bits per heavy atom. The molecule has 2 amide bonds. The molecule has 110 valence electrons. The van der Waals surface area contributed by atoms with Crippen LogP contribution < -0.4 is 11.1 Å². The van der Waals surface area contributed by atoms with E-state index in [0.717, 1.165) is 28.6 Å². The second-order valence-electron chi connectivity index (χ2n) is 3.96. The number of rotatable bonds is 6. The normalized spacial score (nSPS) is 11.3. The zero-order valence-electron chi connectivity index (χ0n) is 10.7. The molecule has 0 saturated carbocycles. The molecule has 0 saturated heterocycles. The zero-order valence-corrected chi connectivity index (χ0v) is 11.5. The van der Waals surface area contributed by atoms with E-state index in [1.54, 1.807) is 0 Å². The summed E-state index contributed by atoms with van der Waals surface area (Å²) < 4.78 is 37.6. The van der Waals surface area contributed by atoms with E-state index in [2.05, 4.69) is 5.32 Å². The quantitative estimate of drug-likeness (QED) is 0.706. The Labute approximate surface area is 115 Å². The number of primary amides is 1. The fourth-order valence-corrected chi connectivity index (χ4v) is 2.44. The van der Waals surface area contributed by atoms with Gasteiger partial charge in [-0.15, -0.1) is 0 Å². The van der Waals surface area contributed by atoms with Crippen LogP contribution in [0.15, 0.2) is 29.2 Å². The number of likely N-dealkylation sites (N-methyl/N-ethyl adjacent to an activating group) is 1. The van der Waals surface area contributed by atoms with Gasteiger partial charge < -0.3 is 11.1 Å². The highest BCUT2D eigenvalue weighted by molar-refractivity contribution is 7.89. The van der Waals surface area contributed by atoms with Crippen molar-refractivity contribution in [2.75, 3.05) is 20.1 Å². The number of carbonyl (C=O) groups is 2. The van der Waals surface area contributed by atoms with E-state index in [4.69, 9.17) is 5.73 Å². The maximum atomic E-state index is 12.7. The minimum Gasteiger partial charge on any atom is -0.368 e. The molecule has 9 heteroatoms. The summed E-state index contributed by atoms with van der Waals surface area (Å²) >= 11 is 0. The first-order chi connectivity index (χ1) is 9.23. The number of hydrogen-bond donors (Lipinski definition) is 2. The van der Waals surface area contributed by atoms with Gasteiger partial charge in [-0.25, -0.2) is 12.8 Å². The molecular weight excluding hydrogens is 289 g/mol. The molecule has 1 aromatic carbocycles. The molecule has 1 aromatic rings. The predicted molar refractivity (Wildman–Crippen MR) is 68.4 cm³/mol. The van der Waals surface area contributed by atoms with Crippen LogP contribution in [0.1, 0.15) is 0 Å². The van der Waals surface area contributed by atoms with Gasteiger partial charge in [0.05, 0.1) is 18.0 Å². The van der Waals surface area contributed by atoms with Crippen molar-refractivity contribution in [1.29, 1.82) is 0 Å². The number of halogens is 1. The Kier molecular flexibility index (Phi) is 5.17. The van der Waals surface area contributed by atoms with Crippen molar-refractivity contribution in [3.05, 3.63) is 30.1 Å². The standard InChI is InChI=1S/C11H14FN3O4S/c1-15(7-11(17)14-6-10(13)16)20(18,19)9-4-2-8(12)3-5-9/h2-5H,6-7H2,1H3,(H2,13,16)(H,14,17). The third-order valence-electron chi connectivity index (χ3n) is 2.35. The maximum Gasteiger partial charge on any atom is 0.243 e. The van der Waals surface area contributed by atoms with Gasteiger partial charge in [0.25, 0.3) is 0 Å². The number of nitrogens with two attached hydrogens (primary N) is 1. The van der Waals surface area contributed by atoms with Gasteiger partial charge in [0, 0.05) is 7.05 Å². The Balaban J connectivity index is 2.75. The van der Waals surface area contributed by atoms with E-state index < -0.39 is 34.2 Å². The van der Waals surface area contributed by atoms with Gasteiger partial charge in [0.2, 0.25) is 21.8 Å².